The van der Waals surface area contributed by atoms with Gasteiger partial charge in [0.25, 0.3) is 5.56 Å². The van der Waals surface area contributed by atoms with E-state index in [9.17, 15) is 14.4 Å². The number of fused-ring (bicyclic) bond motifs is 1. The van der Waals surface area contributed by atoms with Gasteiger partial charge in [-0.2, -0.15) is 0 Å². The molecule has 8 heteroatoms. The Morgan fingerprint density at radius 1 is 1.22 bits per heavy atom. The van der Waals surface area contributed by atoms with Crippen LogP contribution in [0.25, 0.3) is 11.0 Å². The van der Waals surface area contributed by atoms with Gasteiger partial charge in [-0.25, -0.2) is 9.78 Å². The Hall–Kier alpha value is -2.64. The number of aryl methyl sites for hydroxylation is 1. The summed E-state index contributed by atoms with van der Waals surface area (Å²) in [6, 6.07) is 1.75. The van der Waals surface area contributed by atoms with Crippen LogP contribution in [-0.2, 0) is 18.9 Å². The van der Waals surface area contributed by atoms with E-state index in [1.165, 1.54) is 11.6 Å². The highest BCUT2D eigenvalue weighted by atomic mass is 16.4. The zero-order chi connectivity index (χ0) is 16.7. The number of pyridine rings is 1. The number of aliphatic carboxylic acids is 1. The molecule has 122 valence electrons. The van der Waals surface area contributed by atoms with E-state index in [-0.39, 0.29) is 11.5 Å². The molecule has 0 atom stereocenters. The van der Waals surface area contributed by atoms with Crippen LogP contribution in [0.15, 0.2) is 21.9 Å². The summed E-state index contributed by atoms with van der Waals surface area (Å²) in [6.45, 7) is 1.12. The first-order chi connectivity index (χ1) is 10.9. The Morgan fingerprint density at radius 2 is 1.87 bits per heavy atom. The average Bonchev–Trinajstić information content (AvgIpc) is 2.57. The summed E-state index contributed by atoms with van der Waals surface area (Å²) in [4.78, 5) is 41.8. The maximum absolute atomic E-state index is 12.5. The minimum atomic E-state index is -0.775. The van der Waals surface area contributed by atoms with Crippen LogP contribution in [0.2, 0.25) is 0 Å². The molecule has 0 unspecified atom stereocenters. The molecule has 0 amide bonds. The van der Waals surface area contributed by atoms with Crippen LogP contribution in [-0.4, -0.2) is 38.3 Å². The van der Waals surface area contributed by atoms with Crippen molar-refractivity contribution < 1.29 is 9.90 Å². The lowest BCUT2D eigenvalue weighted by Gasteiger charge is -2.32. The van der Waals surface area contributed by atoms with Crippen molar-refractivity contribution in [1.82, 2.24) is 14.1 Å². The number of nitrogens with zero attached hydrogens (tertiary/aromatic N) is 4. The quantitative estimate of drug-likeness (QED) is 0.833. The predicted molar refractivity (Wildman–Crippen MR) is 84.8 cm³/mol. The van der Waals surface area contributed by atoms with Gasteiger partial charge >= 0.3 is 11.7 Å². The number of carbonyl (C=O) groups is 1. The normalized spacial score (nSPS) is 16.0. The summed E-state index contributed by atoms with van der Waals surface area (Å²) in [7, 11) is 3.02. The molecule has 0 spiro atoms. The largest absolute Gasteiger partial charge is 0.481 e. The third-order valence-corrected chi connectivity index (χ3v) is 4.50. The Balaban J connectivity index is 2.12. The molecule has 2 aromatic rings. The Labute approximate surface area is 131 Å². The molecule has 0 aromatic carbocycles. The van der Waals surface area contributed by atoms with Gasteiger partial charge in [0.2, 0.25) is 0 Å². The van der Waals surface area contributed by atoms with Crippen LogP contribution in [0, 0.1) is 5.92 Å². The second kappa shape index (κ2) is 5.53. The van der Waals surface area contributed by atoms with Gasteiger partial charge in [-0.05, 0) is 18.9 Å². The van der Waals surface area contributed by atoms with E-state index in [0.29, 0.717) is 42.7 Å². The molecule has 1 aliphatic heterocycles. The SMILES string of the molecule is Cn1c(=O)c2c(N3CCC(C(=O)O)CC3)ccnc2n(C)c1=O. The molecule has 3 heterocycles. The first kappa shape index (κ1) is 15.3. The molecule has 0 radical (unpaired) electrons. The first-order valence-electron chi connectivity index (χ1n) is 7.44. The zero-order valence-corrected chi connectivity index (χ0v) is 13.0. The maximum Gasteiger partial charge on any atom is 0.332 e. The second-order valence-corrected chi connectivity index (χ2v) is 5.83. The molecule has 23 heavy (non-hydrogen) atoms. The van der Waals surface area contributed by atoms with E-state index in [2.05, 4.69) is 4.98 Å². The average molecular weight is 318 g/mol. The minimum absolute atomic E-state index is 0.341. The van der Waals surface area contributed by atoms with E-state index in [1.807, 2.05) is 4.90 Å². The molecular formula is C15H18N4O4. The Morgan fingerprint density at radius 3 is 2.48 bits per heavy atom. The van der Waals surface area contributed by atoms with Crippen LogP contribution >= 0.6 is 0 Å². The highest BCUT2D eigenvalue weighted by Crippen LogP contribution is 2.27. The van der Waals surface area contributed by atoms with Crippen LogP contribution < -0.4 is 16.1 Å². The lowest BCUT2D eigenvalue weighted by Crippen LogP contribution is -2.40. The van der Waals surface area contributed by atoms with E-state index in [4.69, 9.17) is 5.11 Å². The molecule has 1 aliphatic rings. The van der Waals surface area contributed by atoms with Crippen LogP contribution in [0.5, 0.6) is 0 Å². The zero-order valence-electron chi connectivity index (χ0n) is 13.0. The first-order valence-corrected chi connectivity index (χ1v) is 7.44. The van der Waals surface area contributed by atoms with Crippen molar-refractivity contribution in [3.8, 4) is 0 Å². The second-order valence-electron chi connectivity index (χ2n) is 5.83. The van der Waals surface area contributed by atoms with Gasteiger partial charge in [0.15, 0.2) is 5.65 Å². The van der Waals surface area contributed by atoms with E-state index >= 15 is 0 Å². The van der Waals surface area contributed by atoms with Gasteiger partial charge in [-0.1, -0.05) is 0 Å². The fourth-order valence-corrected chi connectivity index (χ4v) is 3.10. The lowest BCUT2D eigenvalue weighted by atomic mass is 9.96. The van der Waals surface area contributed by atoms with Crippen molar-refractivity contribution in [2.24, 2.45) is 20.0 Å². The summed E-state index contributed by atoms with van der Waals surface area (Å²) in [5.41, 5.74) is 0.245. The topological polar surface area (TPSA) is 97.4 Å². The number of piperidine rings is 1. The molecule has 3 rings (SSSR count). The summed E-state index contributed by atoms with van der Waals surface area (Å²) >= 11 is 0. The molecule has 0 bridgehead atoms. The number of hydrogen-bond donors (Lipinski definition) is 1. The maximum atomic E-state index is 12.5. The number of anilines is 1. The van der Waals surface area contributed by atoms with Crippen molar-refractivity contribution in [1.29, 1.82) is 0 Å². The monoisotopic (exact) mass is 318 g/mol. The predicted octanol–water partition coefficient (Wildman–Crippen LogP) is -0.0668. The molecule has 0 aliphatic carbocycles. The third kappa shape index (κ3) is 2.39. The molecule has 1 fully saturated rings. The Bertz CT molecular complexity index is 891. The minimum Gasteiger partial charge on any atom is -0.481 e. The van der Waals surface area contributed by atoms with Gasteiger partial charge in [0, 0.05) is 33.4 Å². The van der Waals surface area contributed by atoms with Crippen molar-refractivity contribution >= 4 is 22.7 Å². The smallest absolute Gasteiger partial charge is 0.332 e. The van der Waals surface area contributed by atoms with Gasteiger partial charge in [0.1, 0.15) is 5.39 Å². The third-order valence-electron chi connectivity index (χ3n) is 4.50. The lowest BCUT2D eigenvalue weighted by molar-refractivity contribution is -0.142. The Kier molecular flexibility index (Phi) is 3.67. The van der Waals surface area contributed by atoms with E-state index in [1.54, 1.807) is 19.3 Å². The van der Waals surface area contributed by atoms with Gasteiger partial charge in [-0.3, -0.25) is 18.7 Å². The molecular weight excluding hydrogens is 300 g/mol. The van der Waals surface area contributed by atoms with Crippen LogP contribution in [0.1, 0.15) is 12.8 Å². The number of hydrogen-bond acceptors (Lipinski definition) is 5. The fourth-order valence-electron chi connectivity index (χ4n) is 3.10. The number of carboxylic acids is 1. The summed E-state index contributed by atoms with van der Waals surface area (Å²) < 4.78 is 2.42. The van der Waals surface area contributed by atoms with Gasteiger partial charge < -0.3 is 10.0 Å². The molecule has 1 N–H and O–H groups in total. The van der Waals surface area contributed by atoms with Crippen molar-refractivity contribution in [2.45, 2.75) is 12.8 Å². The molecule has 1 saturated heterocycles. The number of carboxylic acid groups (broad SMARTS) is 1. The standard InChI is InChI=1S/C15H18N4O4/c1-17-12-11(13(20)18(2)15(17)23)10(3-6-16-12)19-7-4-9(5-8-19)14(21)22/h3,6,9H,4-5,7-8H2,1-2H3,(H,21,22). The van der Waals surface area contributed by atoms with Gasteiger partial charge in [-0.15, -0.1) is 0 Å². The summed E-state index contributed by atoms with van der Waals surface area (Å²) in [5, 5.41) is 9.49. The molecule has 8 nitrogen and oxygen atoms in total. The number of aromatic nitrogens is 3. The van der Waals surface area contributed by atoms with Crippen molar-refractivity contribution in [3.63, 3.8) is 0 Å². The van der Waals surface area contributed by atoms with Crippen molar-refractivity contribution in [3.05, 3.63) is 33.1 Å². The highest BCUT2D eigenvalue weighted by molar-refractivity contribution is 5.88. The van der Waals surface area contributed by atoms with Crippen molar-refractivity contribution in [2.75, 3.05) is 18.0 Å². The molecule has 2 aromatic heterocycles. The molecule has 0 saturated carbocycles. The van der Waals surface area contributed by atoms with E-state index in [0.717, 1.165) is 4.57 Å². The summed E-state index contributed by atoms with van der Waals surface area (Å²) in [5.74, 6) is -1.12. The van der Waals surface area contributed by atoms with Crippen LogP contribution in [0.3, 0.4) is 0 Å². The van der Waals surface area contributed by atoms with E-state index < -0.39 is 11.7 Å². The van der Waals surface area contributed by atoms with Gasteiger partial charge in [0.05, 0.1) is 11.6 Å². The highest BCUT2D eigenvalue weighted by Gasteiger charge is 2.26. The van der Waals surface area contributed by atoms with Crippen LogP contribution in [0.4, 0.5) is 5.69 Å². The summed E-state index contributed by atoms with van der Waals surface area (Å²) in [6.07, 6.45) is 2.64. The number of rotatable bonds is 2. The fraction of sp³-hybridized carbons (Fsp3) is 0.467.